The summed E-state index contributed by atoms with van der Waals surface area (Å²) >= 11 is 1.45. The molecule has 0 saturated carbocycles. The maximum absolute atomic E-state index is 11.4. The molecule has 1 atom stereocenters. The number of hydrogen-bond acceptors (Lipinski definition) is 10. The van der Waals surface area contributed by atoms with E-state index in [2.05, 4.69) is 56.5 Å². The number of nitrogens with zero attached hydrogens (tertiary/aromatic N) is 6. The highest BCUT2D eigenvalue weighted by molar-refractivity contribution is 7.99. The van der Waals surface area contributed by atoms with Crippen LogP contribution in [0.15, 0.2) is 40.4 Å². The fourth-order valence-corrected chi connectivity index (χ4v) is 5.07. The average Bonchev–Trinajstić information content (AvgIpc) is 3.28. The fourth-order valence-electron chi connectivity index (χ4n) is 4.32. The number of aromatic nitrogens is 4. The number of benzene rings is 1. The largest absolute Gasteiger partial charge is 0.490 e. The van der Waals surface area contributed by atoms with E-state index in [1.807, 2.05) is 37.3 Å². The van der Waals surface area contributed by atoms with Crippen LogP contribution in [-0.4, -0.2) is 95.8 Å². The van der Waals surface area contributed by atoms with E-state index in [1.54, 1.807) is 7.11 Å². The summed E-state index contributed by atoms with van der Waals surface area (Å²) in [5.41, 5.74) is 1.69. The van der Waals surface area contributed by atoms with Gasteiger partial charge in [-0.05, 0) is 64.0 Å². The summed E-state index contributed by atoms with van der Waals surface area (Å²) in [6, 6.07) is 9.91. The Morgan fingerprint density at radius 2 is 2.00 bits per heavy atom. The summed E-state index contributed by atoms with van der Waals surface area (Å²) in [5, 5.41) is 14.0. The van der Waals surface area contributed by atoms with Crippen LogP contribution in [0.5, 0.6) is 5.75 Å². The van der Waals surface area contributed by atoms with Crippen LogP contribution in [0.4, 0.5) is 23.1 Å². The van der Waals surface area contributed by atoms with Crippen LogP contribution < -0.4 is 20.3 Å². The molecule has 1 aliphatic heterocycles. The number of nitrogens with one attached hydrogen (secondary N) is 3. The van der Waals surface area contributed by atoms with Crippen molar-refractivity contribution in [1.29, 1.82) is 0 Å². The minimum Gasteiger partial charge on any atom is -0.490 e. The van der Waals surface area contributed by atoms with Gasteiger partial charge in [-0.3, -0.25) is 14.8 Å². The van der Waals surface area contributed by atoms with Gasteiger partial charge in [-0.1, -0.05) is 0 Å². The van der Waals surface area contributed by atoms with Crippen molar-refractivity contribution < 1.29 is 9.53 Å². The van der Waals surface area contributed by atoms with Gasteiger partial charge in [-0.2, -0.15) is 5.10 Å². The van der Waals surface area contributed by atoms with E-state index in [9.17, 15) is 4.79 Å². The van der Waals surface area contributed by atoms with Gasteiger partial charge in [0.05, 0.1) is 7.11 Å². The second-order valence-electron chi connectivity index (χ2n) is 9.71. The molecule has 38 heavy (non-hydrogen) atoms. The van der Waals surface area contributed by atoms with Crippen molar-refractivity contribution in [2.45, 2.75) is 36.9 Å². The number of methoxy groups -OCH3 is 1. The number of rotatable bonds is 10. The molecule has 3 N–H and O–H groups in total. The van der Waals surface area contributed by atoms with Gasteiger partial charge in [0.1, 0.15) is 0 Å². The van der Waals surface area contributed by atoms with Crippen molar-refractivity contribution in [1.82, 2.24) is 30.0 Å². The lowest BCUT2D eigenvalue weighted by Crippen LogP contribution is -2.53. The van der Waals surface area contributed by atoms with Crippen LogP contribution in [-0.2, 0) is 4.79 Å². The third-order valence-electron chi connectivity index (χ3n) is 6.27. The smallest absolute Gasteiger partial charge is 0.221 e. The number of aryl methyl sites for hydroxylation is 1. The van der Waals surface area contributed by atoms with Crippen molar-refractivity contribution in [3.63, 3.8) is 0 Å². The Balaban J connectivity index is 1.63. The number of likely N-dealkylation sites (N-methyl/N-ethyl adjacent to an activating group) is 1. The van der Waals surface area contributed by atoms with Crippen LogP contribution in [0.2, 0.25) is 0 Å². The molecular weight excluding hydrogens is 502 g/mol. The zero-order valence-electron chi connectivity index (χ0n) is 22.9. The second kappa shape index (κ2) is 12.5. The number of carbonyl (C=O) groups excluding carboxylic acids is 1. The van der Waals surface area contributed by atoms with Gasteiger partial charge in [0.2, 0.25) is 11.7 Å². The van der Waals surface area contributed by atoms with Gasteiger partial charge in [0.15, 0.2) is 22.6 Å². The molecule has 1 saturated heterocycles. The molecule has 0 aliphatic carbocycles. The maximum atomic E-state index is 11.4. The monoisotopic (exact) mass is 539 g/mol. The first-order valence-electron chi connectivity index (χ1n) is 12.7. The van der Waals surface area contributed by atoms with Crippen molar-refractivity contribution in [2.24, 2.45) is 0 Å². The molecule has 4 rings (SSSR count). The quantitative estimate of drug-likeness (QED) is 0.331. The first-order chi connectivity index (χ1) is 18.2. The van der Waals surface area contributed by atoms with Crippen molar-refractivity contribution in [3.8, 4) is 5.75 Å². The average molecular weight is 540 g/mol. The van der Waals surface area contributed by atoms with Crippen molar-refractivity contribution in [2.75, 3.05) is 69.5 Å². The van der Waals surface area contributed by atoms with Gasteiger partial charge in [-0.15, -0.1) is 0 Å². The minimum absolute atomic E-state index is 0.103. The maximum Gasteiger partial charge on any atom is 0.221 e. The van der Waals surface area contributed by atoms with Gasteiger partial charge >= 0.3 is 0 Å². The molecule has 0 bridgehead atoms. The van der Waals surface area contributed by atoms with Crippen LogP contribution >= 0.6 is 11.8 Å². The molecule has 0 radical (unpaired) electrons. The lowest BCUT2D eigenvalue weighted by atomic mass is 10.2. The third-order valence-corrected chi connectivity index (χ3v) is 7.14. The van der Waals surface area contributed by atoms with E-state index < -0.39 is 0 Å². The van der Waals surface area contributed by atoms with Crippen LogP contribution in [0.25, 0.3) is 0 Å². The van der Waals surface area contributed by atoms with E-state index in [0.29, 0.717) is 28.6 Å². The first-order valence-corrected chi connectivity index (χ1v) is 13.5. The van der Waals surface area contributed by atoms with Crippen molar-refractivity contribution >= 4 is 40.8 Å². The predicted octanol–water partition coefficient (Wildman–Crippen LogP) is 3.44. The Bertz CT molecular complexity index is 1230. The molecular formula is C26H37N9O2S. The van der Waals surface area contributed by atoms with E-state index in [-0.39, 0.29) is 5.91 Å². The molecule has 1 aliphatic rings. The molecule has 2 aromatic heterocycles. The van der Waals surface area contributed by atoms with Gasteiger partial charge < -0.3 is 25.2 Å². The summed E-state index contributed by atoms with van der Waals surface area (Å²) < 4.78 is 5.87. The molecule has 11 nitrogen and oxygen atoms in total. The van der Waals surface area contributed by atoms with Crippen molar-refractivity contribution in [3.05, 3.63) is 36.0 Å². The van der Waals surface area contributed by atoms with E-state index in [1.165, 1.54) is 18.7 Å². The summed E-state index contributed by atoms with van der Waals surface area (Å²) in [5.74, 6) is 2.46. The molecule has 3 aromatic rings. The number of carbonyl (C=O) groups is 1. The zero-order valence-corrected chi connectivity index (χ0v) is 23.7. The zero-order chi connectivity index (χ0) is 27.2. The van der Waals surface area contributed by atoms with Gasteiger partial charge in [0, 0.05) is 68.0 Å². The van der Waals surface area contributed by atoms with E-state index in [0.717, 1.165) is 54.8 Å². The van der Waals surface area contributed by atoms with E-state index in [4.69, 9.17) is 14.7 Å². The standard InChI is InChI=1S/C26H37N9O2S/c1-17-15-22(32-31-17)28-24-23(37-6)25(35-14-13-34(18(2)16-35)12-11-33(4)5)30-26(29-24)38-21-9-7-20(8-10-21)27-19(3)36/h7-10,15,18H,11-14,16H2,1-6H3,(H,27,36)(H2,28,29,30,31,32). The number of aromatic amines is 1. The molecule has 0 spiro atoms. The van der Waals surface area contributed by atoms with Crippen LogP contribution in [0.1, 0.15) is 19.5 Å². The second-order valence-corrected chi connectivity index (χ2v) is 10.8. The van der Waals surface area contributed by atoms with Crippen LogP contribution in [0, 0.1) is 6.92 Å². The lowest BCUT2D eigenvalue weighted by molar-refractivity contribution is -0.114. The lowest BCUT2D eigenvalue weighted by Gasteiger charge is -2.41. The highest BCUT2D eigenvalue weighted by atomic mass is 32.2. The molecule has 1 fully saturated rings. The summed E-state index contributed by atoms with van der Waals surface area (Å²) in [6.07, 6.45) is 0. The minimum atomic E-state index is -0.103. The molecule has 1 unspecified atom stereocenters. The third kappa shape index (κ3) is 7.15. The summed E-state index contributed by atoms with van der Waals surface area (Å²) in [4.78, 5) is 29.1. The fraction of sp³-hybridized carbons (Fsp3) is 0.462. The Morgan fingerprint density at radius 1 is 1.24 bits per heavy atom. The number of hydrogen-bond donors (Lipinski definition) is 3. The Kier molecular flexibility index (Phi) is 9.08. The SMILES string of the molecule is COc1c(Nc2cc(C)[nH]n2)nc(Sc2ccc(NC(C)=O)cc2)nc1N1CCN(CCN(C)C)C(C)C1. The molecule has 1 amide bonds. The number of anilines is 4. The Morgan fingerprint density at radius 3 is 2.61 bits per heavy atom. The topological polar surface area (TPSA) is 115 Å². The number of ether oxygens (including phenoxy) is 1. The molecule has 204 valence electrons. The molecule has 1 aromatic carbocycles. The van der Waals surface area contributed by atoms with Gasteiger partial charge in [0.25, 0.3) is 0 Å². The number of H-pyrrole nitrogens is 1. The Labute approximate surface area is 228 Å². The molecule has 3 heterocycles. The number of piperazine rings is 1. The Hall–Kier alpha value is -3.35. The summed E-state index contributed by atoms with van der Waals surface area (Å²) in [7, 11) is 5.86. The number of amides is 1. The highest BCUT2D eigenvalue weighted by Gasteiger charge is 2.28. The normalized spacial score (nSPS) is 16.1. The van der Waals surface area contributed by atoms with Gasteiger partial charge in [-0.25, -0.2) is 9.97 Å². The highest BCUT2D eigenvalue weighted by Crippen LogP contribution is 2.38. The predicted molar refractivity (Wildman–Crippen MR) is 152 cm³/mol. The van der Waals surface area contributed by atoms with Crippen LogP contribution in [0.3, 0.4) is 0 Å². The van der Waals surface area contributed by atoms with E-state index >= 15 is 0 Å². The molecule has 12 heteroatoms. The summed E-state index contributed by atoms with van der Waals surface area (Å²) in [6.45, 7) is 10.4. The first kappa shape index (κ1) is 27.7.